The van der Waals surface area contributed by atoms with Crippen LogP contribution in [0.15, 0.2) is 24.3 Å². The summed E-state index contributed by atoms with van der Waals surface area (Å²) in [6, 6.07) is 0. The highest BCUT2D eigenvalue weighted by Crippen LogP contribution is 2.13. The first-order valence-electron chi connectivity index (χ1n) is 8.18. The van der Waals surface area contributed by atoms with E-state index in [4.69, 9.17) is 18.9 Å². The van der Waals surface area contributed by atoms with Gasteiger partial charge in [-0.3, -0.25) is 9.59 Å². The van der Waals surface area contributed by atoms with Crippen molar-refractivity contribution in [3.63, 3.8) is 0 Å². The summed E-state index contributed by atoms with van der Waals surface area (Å²) in [6.07, 6.45) is 7.08. The highest BCUT2D eigenvalue weighted by Gasteiger charge is 2.19. The molecule has 0 fully saturated rings. The zero-order valence-electron chi connectivity index (χ0n) is 14.9. The van der Waals surface area contributed by atoms with Crippen molar-refractivity contribution < 1.29 is 28.5 Å². The lowest BCUT2D eigenvalue weighted by molar-refractivity contribution is -0.147. The Bertz CT molecular complexity index is 414. The van der Waals surface area contributed by atoms with Crippen molar-refractivity contribution in [3.8, 4) is 0 Å². The van der Waals surface area contributed by atoms with Crippen molar-refractivity contribution in [2.24, 2.45) is 11.8 Å². The van der Waals surface area contributed by atoms with E-state index in [1.165, 1.54) is 0 Å². The molecule has 0 saturated heterocycles. The average Bonchev–Trinajstić information content (AvgIpc) is 2.55. The Morgan fingerprint density at radius 1 is 0.833 bits per heavy atom. The first kappa shape index (κ1) is 20.4. The topological polar surface area (TPSA) is 71.1 Å². The summed E-state index contributed by atoms with van der Waals surface area (Å²) in [5.41, 5.74) is 0. The Morgan fingerprint density at radius 2 is 1.21 bits per heavy atom. The number of ether oxygens (including phenoxy) is 4. The molecular weight excluding hydrogens is 312 g/mol. The molecule has 0 aromatic heterocycles. The minimum atomic E-state index is -0.302. The molecule has 0 saturated carbocycles. The fourth-order valence-electron chi connectivity index (χ4n) is 2.34. The molecular formula is C18H28O6. The first-order chi connectivity index (χ1) is 11.5. The molecule has 24 heavy (non-hydrogen) atoms. The molecule has 0 aromatic rings. The largest absolute Gasteiger partial charge is 0.463 e. The summed E-state index contributed by atoms with van der Waals surface area (Å²) in [5.74, 6) is -0.593. The zero-order valence-corrected chi connectivity index (χ0v) is 14.9. The van der Waals surface area contributed by atoms with E-state index in [1.54, 1.807) is 26.4 Å². The third kappa shape index (κ3) is 7.27. The van der Waals surface area contributed by atoms with Crippen LogP contribution in [-0.2, 0) is 28.5 Å². The molecule has 0 amide bonds. The molecule has 1 heterocycles. The van der Waals surface area contributed by atoms with E-state index in [0.29, 0.717) is 0 Å². The minimum Gasteiger partial charge on any atom is -0.463 e. The maximum Gasteiger partial charge on any atom is 0.309 e. The van der Waals surface area contributed by atoms with Crippen molar-refractivity contribution in [2.45, 2.75) is 38.9 Å². The molecule has 1 aliphatic heterocycles. The van der Waals surface area contributed by atoms with Crippen molar-refractivity contribution >= 4 is 11.9 Å². The second kappa shape index (κ2) is 11.0. The van der Waals surface area contributed by atoms with E-state index in [9.17, 15) is 9.59 Å². The van der Waals surface area contributed by atoms with Gasteiger partial charge in [-0.2, -0.15) is 0 Å². The van der Waals surface area contributed by atoms with Crippen LogP contribution in [0.1, 0.15) is 26.7 Å². The Hall–Kier alpha value is -1.66. The van der Waals surface area contributed by atoms with Crippen molar-refractivity contribution in [1.29, 1.82) is 0 Å². The molecule has 136 valence electrons. The number of carbonyl (C=O) groups is 2. The molecule has 1 aliphatic rings. The summed E-state index contributed by atoms with van der Waals surface area (Å²) < 4.78 is 21.2. The van der Waals surface area contributed by atoms with Gasteiger partial charge in [0.25, 0.3) is 0 Å². The molecule has 0 spiro atoms. The van der Waals surface area contributed by atoms with Gasteiger partial charge in [0.15, 0.2) is 0 Å². The van der Waals surface area contributed by atoms with E-state index < -0.39 is 0 Å². The van der Waals surface area contributed by atoms with Crippen LogP contribution in [-0.4, -0.2) is 51.6 Å². The Morgan fingerprint density at radius 3 is 1.54 bits per heavy atom. The fraction of sp³-hybridized carbons (Fsp3) is 0.667. The van der Waals surface area contributed by atoms with Crippen molar-refractivity contribution in [2.75, 3.05) is 27.4 Å². The van der Waals surface area contributed by atoms with Gasteiger partial charge < -0.3 is 18.9 Å². The van der Waals surface area contributed by atoms with Crippen LogP contribution >= 0.6 is 0 Å². The Balaban J connectivity index is 2.80. The Kier molecular flexibility index (Phi) is 9.34. The van der Waals surface area contributed by atoms with E-state index in [2.05, 4.69) is 0 Å². The highest BCUT2D eigenvalue weighted by atomic mass is 16.6. The monoisotopic (exact) mass is 340 g/mol. The summed E-state index contributed by atoms with van der Waals surface area (Å²) in [5, 5.41) is 0. The van der Waals surface area contributed by atoms with Crippen LogP contribution in [0.4, 0.5) is 0 Å². The summed E-state index contributed by atoms with van der Waals surface area (Å²) in [6.45, 7) is 4.23. The lowest BCUT2D eigenvalue weighted by atomic mass is 10.0. The quantitative estimate of drug-likeness (QED) is 0.567. The van der Waals surface area contributed by atoms with Crippen LogP contribution in [0.2, 0.25) is 0 Å². The van der Waals surface area contributed by atoms with Gasteiger partial charge in [-0.25, -0.2) is 0 Å². The van der Waals surface area contributed by atoms with Gasteiger partial charge in [-0.05, 0) is 0 Å². The lowest BCUT2D eigenvalue weighted by Crippen LogP contribution is -2.27. The Labute approximate surface area is 143 Å². The van der Waals surface area contributed by atoms with Gasteiger partial charge >= 0.3 is 11.9 Å². The number of methoxy groups -OCH3 is 2. The summed E-state index contributed by atoms with van der Waals surface area (Å²) in [7, 11) is 3.14. The highest BCUT2D eigenvalue weighted by molar-refractivity contribution is 5.71. The summed E-state index contributed by atoms with van der Waals surface area (Å²) >= 11 is 0. The van der Waals surface area contributed by atoms with Crippen LogP contribution in [0.5, 0.6) is 0 Å². The fourth-order valence-corrected chi connectivity index (χ4v) is 2.34. The number of cyclic esters (lactones) is 2. The van der Waals surface area contributed by atoms with Gasteiger partial charge in [-0.15, -0.1) is 0 Å². The molecule has 1 rings (SSSR count). The maximum atomic E-state index is 11.8. The minimum absolute atomic E-state index is 0.00536. The molecule has 0 aliphatic carbocycles. The van der Waals surface area contributed by atoms with E-state index >= 15 is 0 Å². The lowest BCUT2D eigenvalue weighted by Gasteiger charge is -2.21. The number of carbonyl (C=O) groups excluding carboxylic acids is 2. The standard InChI is InChI=1S/C18H28O6/c1-13-7-5-9-17(19)24-12-16(22-4)14(2)8-6-10-18(20)23-11-15(13)21-3/h5-8,13-16H,9-12H2,1-4H3/t13-,14-,15-,16-/m1/s1. The SMILES string of the molecule is CO[C@@H]1COC(=O)CC=C[C@@H](C)[C@H](OC)COC(=O)CC=C[C@H]1C. The normalized spacial score (nSPS) is 30.7. The van der Waals surface area contributed by atoms with Gasteiger partial charge in [0.2, 0.25) is 0 Å². The van der Waals surface area contributed by atoms with Gasteiger partial charge in [-0.1, -0.05) is 38.2 Å². The maximum absolute atomic E-state index is 11.8. The van der Waals surface area contributed by atoms with Crippen molar-refractivity contribution in [1.82, 2.24) is 0 Å². The zero-order chi connectivity index (χ0) is 17.9. The van der Waals surface area contributed by atoms with Gasteiger partial charge in [0.1, 0.15) is 13.2 Å². The number of hydrogen-bond acceptors (Lipinski definition) is 6. The van der Waals surface area contributed by atoms with Crippen LogP contribution in [0, 0.1) is 11.8 Å². The van der Waals surface area contributed by atoms with Crippen LogP contribution in [0.3, 0.4) is 0 Å². The summed E-state index contributed by atoms with van der Waals surface area (Å²) in [4.78, 5) is 23.6. The molecule has 0 N–H and O–H groups in total. The first-order valence-corrected chi connectivity index (χ1v) is 8.18. The number of rotatable bonds is 2. The third-order valence-corrected chi connectivity index (χ3v) is 4.04. The van der Waals surface area contributed by atoms with Gasteiger partial charge in [0.05, 0.1) is 25.0 Å². The average molecular weight is 340 g/mol. The van der Waals surface area contributed by atoms with Crippen LogP contribution in [0.25, 0.3) is 0 Å². The molecule has 0 aromatic carbocycles. The molecule has 0 unspecified atom stereocenters. The van der Waals surface area contributed by atoms with Crippen molar-refractivity contribution in [3.05, 3.63) is 24.3 Å². The number of esters is 2. The van der Waals surface area contributed by atoms with E-state index in [-0.39, 0.29) is 62.0 Å². The smallest absolute Gasteiger partial charge is 0.309 e. The van der Waals surface area contributed by atoms with Gasteiger partial charge in [0, 0.05) is 26.1 Å². The molecule has 6 heteroatoms. The second-order valence-electron chi connectivity index (χ2n) is 5.90. The molecule has 0 bridgehead atoms. The van der Waals surface area contributed by atoms with Crippen LogP contribution < -0.4 is 0 Å². The van der Waals surface area contributed by atoms with E-state index in [1.807, 2.05) is 26.0 Å². The number of hydrogen-bond donors (Lipinski definition) is 0. The molecule has 6 nitrogen and oxygen atoms in total. The molecule has 0 radical (unpaired) electrons. The van der Waals surface area contributed by atoms with E-state index in [0.717, 1.165) is 0 Å². The predicted octanol–water partition coefficient (Wildman–Crippen LogP) is 2.28. The second-order valence-corrected chi connectivity index (χ2v) is 5.90. The third-order valence-electron chi connectivity index (χ3n) is 4.04. The molecule has 4 atom stereocenters. The predicted molar refractivity (Wildman–Crippen MR) is 89.4 cm³/mol.